The van der Waals surface area contributed by atoms with Crippen LogP contribution in [-0.4, -0.2) is 32.4 Å². The predicted octanol–water partition coefficient (Wildman–Crippen LogP) is 2.41. The number of hydrogen-bond acceptors (Lipinski definition) is 4. The van der Waals surface area contributed by atoms with Crippen LogP contribution < -0.4 is 4.90 Å². The zero-order valence-electron chi connectivity index (χ0n) is 12.4. The van der Waals surface area contributed by atoms with E-state index < -0.39 is 0 Å². The fourth-order valence-corrected chi connectivity index (χ4v) is 3.61. The quantitative estimate of drug-likeness (QED) is 0.799. The molecular formula is C15H21N5. The molecule has 1 aliphatic carbocycles. The Bertz CT molecular complexity index is 654. The van der Waals surface area contributed by atoms with E-state index >= 15 is 0 Å². The second-order valence-electron chi connectivity index (χ2n) is 7.22. The Morgan fingerprint density at radius 2 is 2.00 bits per heavy atom. The lowest BCUT2D eigenvalue weighted by Crippen LogP contribution is -2.33. The normalized spacial score (nSPS) is 25.9. The molecule has 0 aromatic carbocycles. The van der Waals surface area contributed by atoms with Gasteiger partial charge < -0.3 is 4.90 Å². The maximum absolute atomic E-state index is 4.82. The van der Waals surface area contributed by atoms with Crippen molar-refractivity contribution in [2.24, 2.45) is 5.92 Å². The maximum atomic E-state index is 4.82. The van der Waals surface area contributed by atoms with Crippen LogP contribution in [0, 0.1) is 5.92 Å². The van der Waals surface area contributed by atoms with Gasteiger partial charge in [-0.25, -0.2) is 0 Å². The monoisotopic (exact) mass is 271 g/mol. The Balaban J connectivity index is 1.78. The molecule has 1 aliphatic heterocycles. The van der Waals surface area contributed by atoms with Gasteiger partial charge in [-0.05, 0) is 37.3 Å². The number of nitrogens with zero attached hydrogens (tertiary/aromatic N) is 5. The van der Waals surface area contributed by atoms with Gasteiger partial charge in [0.1, 0.15) is 5.82 Å². The summed E-state index contributed by atoms with van der Waals surface area (Å²) in [4.78, 5) is 2.47. The molecule has 20 heavy (non-hydrogen) atoms. The minimum atomic E-state index is -0.0466. The molecule has 2 bridgehead atoms. The third kappa shape index (κ3) is 1.72. The van der Waals surface area contributed by atoms with E-state index in [4.69, 9.17) is 5.10 Å². The van der Waals surface area contributed by atoms with Crippen LogP contribution in [0.15, 0.2) is 12.1 Å². The number of rotatable bonds is 1. The lowest BCUT2D eigenvalue weighted by molar-refractivity contribution is 0.521. The molecule has 1 saturated carbocycles. The predicted molar refractivity (Wildman–Crippen MR) is 78.0 cm³/mol. The van der Waals surface area contributed by atoms with Gasteiger partial charge in [0.25, 0.3) is 0 Å². The van der Waals surface area contributed by atoms with Crippen LogP contribution in [0.5, 0.6) is 0 Å². The summed E-state index contributed by atoms with van der Waals surface area (Å²) in [5.74, 6) is 2.88. The fraction of sp³-hybridized carbons (Fsp3) is 0.667. The van der Waals surface area contributed by atoms with Crippen LogP contribution in [0.3, 0.4) is 0 Å². The number of anilines is 1. The van der Waals surface area contributed by atoms with Crippen molar-refractivity contribution in [3.63, 3.8) is 0 Å². The summed E-state index contributed by atoms with van der Waals surface area (Å²) in [5, 5.41) is 13.4. The van der Waals surface area contributed by atoms with Gasteiger partial charge in [0.05, 0.1) is 0 Å². The lowest BCUT2D eigenvalue weighted by atomic mass is 9.96. The van der Waals surface area contributed by atoms with E-state index in [0.717, 1.165) is 29.8 Å². The zero-order valence-corrected chi connectivity index (χ0v) is 12.4. The highest BCUT2D eigenvalue weighted by Crippen LogP contribution is 2.39. The molecule has 4 rings (SSSR count). The molecule has 2 atom stereocenters. The fourth-order valence-electron chi connectivity index (χ4n) is 3.61. The Labute approximate surface area is 119 Å². The number of fused-ring (bicyclic) bond motifs is 3. The molecule has 2 aliphatic rings. The van der Waals surface area contributed by atoms with Crippen LogP contribution >= 0.6 is 0 Å². The Morgan fingerprint density at radius 3 is 2.65 bits per heavy atom. The van der Waals surface area contributed by atoms with Crippen molar-refractivity contribution in [2.75, 3.05) is 11.4 Å². The van der Waals surface area contributed by atoms with Crippen molar-refractivity contribution in [2.45, 2.75) is 51.5 Å². The molecule has 106 valence electrons. The van der Waals surface area contributed by atoms with E-state index in [-0.39, 0.29) is 5.41 Å². The van der Waals surface area contributed by atoms with Gasteiger partial charge in [-0.1, -0.05) is 20.8 Å². The average molecular weight is 271 g/mol. The Kier molecular flexibility index (Phi) is 2.38. The van der Waals surface area contributed by atoms with E-state index in [1.807, 2.05) is 10.6 Å². The molecule has 2 fully saturated rings. The smallest absolute Gasteiger partial charge is 0.178 e. The van der Waals surface area contributed by atoms with Crippen molar-refractivity contribution >= 4 is 11.5 Å². The molecule has 5 heteroatoms. The SMILES string of the molecule is CC(C)(C)c1nnc2ccc(N3CC4CCC3C4)nn12. The topological polar surface area (TPSA) is 46.3 Å². The summed E-state index contributed by atoms with van der Waals surface area (Å²) >= 11 is 0. The second-order valence-corrected chi connectivity index (χ2v) is 7.22. The van der Waals surface area contributed by atoms with E-state index in [2.05, 4.69) is 41.9 Å². The molecule has 5 nitrogen and oxygen atoms in total. The van der Waals surface area contributed by atoms with Crippen molar-refractivity contribution in [1.29, 1.82) is 0 Å². The number of aromatic nitrogens is 4. The average Bonchev–Trinajstić information content (AvgIpc) is 3.11. The van der Waals surface area contributed by atoms with E-state index in [1.54, 1.807) is 0 Å². The molecule has 1 saturated heterocycles. The third-order valence-corrected chi connectivity index (χ3v) is 4.62. The number of piperidine rings is 1. The van der Waals surface area contributed by atoms with Crippen LogP contribution in [0.25, 0.3) is 5.65 Å². The van der Waals surface area contributed by atoms with Gasteiger partial charge in [0.15, 0.2) is 11.5 Å². The summed E-state index contributed by atoms with van der Waals surface area (Å²) < 4.78 is 1.92. The van der Waals surface area contributed by atoms with Gasteiger partial charge >= 0.3 is 0 Å². The molecule has 0 N–H and O–H groups in total. The summed E-state index contributed by atoms with van der Waals surface area (Å²) in [6.45, 7) is 7.61. The molecule has 2 unspecified atom stereocenters. The van der Waals surface area contributed by atoms with E-state index in [9.17, 15) is 0 Å². The molecule has 0 spiro atoms. The first-order valence-corrected chi connectivity index (χ1v) is 7.52. The lowest BCUT2D eigenvalue weighted by Gasteiger charge is -2.28. The molecule has 0 amide bonds. The van der Waals surface area contributed by atoms with E-state index in [0.29, 0.717) is 6.04 Å². The van der Waals surface area contributed by atoms with Gasteiger partial charge in [0, 0.05) is 18.0 Å². The second kappa shape index (κ2) is 3.93. The number of hydrogen-bond donors (Lipinski definition) is 0. The van der Waals surface area contributed by atoms with Crippen LogP contribution in [-0.2, 0) is 5.41 Å². The molecular weight excluding hydrogens is 250 g/mol. The van der Waals surface area contributed by atoms with Crippen LogP contribution in [0.1, 0.15) is 45.9 Å². The first-order valence-electron chi connectivity index (χ1n) is 7.52. The largest absolute Gasteiger partial charge is 0.352 e. The Hall–Kier alpha value is -1.65. The van der Waals surface area contributed by atoms with Gasteiger partial charge in [0.2, 0.25) is 0 Å². The first-order chi connectivity index (χ1) is 9.52. The summed E-state index contributed by atoms with van der Waals surface area (Å²) in [6.07, 6.45) is 4.05. The van der Waals surface area contributed by atoms with Crippen molar-refractivity contribution in [1.82, 2.24) is 19.8 Å². The first kappa shape index (κ1) is 12.1. The molecule has 0 radical (unpaired) electrons. The third-order valence-electron chi connectivity index (χ3n) is 4.62. The van der Waals surface area contributed by atoms with Crippen molar-refractivity contribution in [3.8, 4) is 0 Å². The minimum Gasteiger partial charge on any atom is -0.352 e. The van der Waals surface area contributed by atoms with Crippen LogP contribution in [0.4, 0.5) is 5.82 Å². The molecule has 2 aromatic heterocycles. The van der Waals surface area contributed by atoms with Crippen molar-refractivity contribution in [3.05, 3.63) is 18.0 Å². The summed E-state index contributed by atoms with van der Waals surface area (Å²) in [6, 6.07) is 4.83. The minimum absolute atomic E-state index is 0.0466. The molecule has 3 heterocycles. The highest BCUT2D eigenvalue weighted by atomic mass is 15.4. The summed E-state index contributed by atoms with van der Waals surface area (Å²) in [7, 11) is 0. The maximum Gasteiger partial charge on any atom is 0.178 e. The standard InChI is InChI=1S/C15H21N5/c1-15(2,3)14-17-16-12-6-7-13(18-20(12)14)19-9-10-4-5-11(19)8-10/h6-7,10-11H,4-5,8-9H2,1-3H3. The highest BCUT2D eigenvalue weighted by Gasteiger charge is 2.38. The zero-order chi connectivity index (χ0) is 13.9. The summed E-state index contributed by atoms with van der Waals surface area (Å²) in [5.41, 5.74) is 0.790. The van der Waals surface area contributed by atoms with E-state index in [1.165, 1.54) is 19.3 Å². The Morgan fingerprint density at radius 1 is 1.15 bits per heavy atom. The van der Waals surface area contributed by atoms with Crippen LogP contribution in [0.2, 0.25) is 0 Å². The van der Waals surface area contributed by atoms with Gasteiger partial charge in [-0.3, -0.25) is 0 Å². The van der Waals surface area contributed by atoms with Crippen molar-refractivity contribution < 1.29 is 0 Å². The molecule has 2 aromatic rings. The van der Waals surface area contributed by atoms with Gasteiger partial charge in [-0.2, -0.15) is 4.52 Å². The van der Waals surface area contributed by atoms with Gasteiger partial charge in [-0.15, -0.1) is 15.3 Å². The highest BCUT2D eigenvalue weighted by molar-refractivity contribution is 5.48.